The molecular weight excluding hydrogens is 304 g/mol. The zero-order chi connectivity index (χ0) is 13.7. The highest BCUT2D eigenvalue weighted by Gasteiger charge is 2.20. The first-order valence-corrected chi connectivity index (χ1v) is 7.71. The van der Waals surface area contributed by atoms with Crippen LogP contribution in [0.15, 0.2) is 22.7 Å². The van der Waals surface area contributed by atoms with Gasteiger partial charge in [0.15, 0.2) is 0 Å². The maximum atomic E-state index is 5.31. The molecule has 19 heavy (non-hydrogen) atoms. The van der Waals surface area contributed by atoms with E-state index in [0.717, 1.165) is 24.8 Å². The molecule has 0 spiro atoms. The number of likely N-dealkylation sites (tertiary alicyclic amines) is 1. The van der Waals surface area contributed by atoms with Gasteiger partial charge in [-0.3, -0.25) is 4.90 Å². The van der Waals surface area contributed by atoms with Crippen LogP contribution in [0.4, 0.5) is 0 Å². The second-order valence-electron chi connectivity index (χ2n) is 5.26. The molecule has 4 heteroatoms. The highest BCUT2D eigenvalue weighted by Crippen LogP contribution is 2.25. The second kappa shape index (κ2) is 7.27. The Balaban J connectivity index is 2.00. The van der Waals surface area contributed by atoms with Crippen molar-refractivity contribution in [1.82, 2.24) is 10.2 Å². The van der Waals surface area contributed by atoms with Crippen LogP contribution in [-0.4, -0.2) is 38.7 Å². The summed E-state index contributed by atoms with van der Waals surface area (Å²) in [5.74, 6) is 1.71. The van der Waals surface area contributed by atoms with E-state index in [1.54, 1.807) is 7.11 Å². The highest BCUT2D eigenvalue weighted by molar-refractivity contribution is 9.10. The molecule has 0 radical (unpaired) electrons. The Hall–Kier alpha value is -0.580. The molecule has 0 aromatic heterocycles. The summed E-state index contributed by atoms with van der Waals surface area (Å²) in [5.41, 5.74) is 1.31. The third-order valence-electron chi connectivity index (χ3n) is 3.74. The fourth-order valence-corrected chi connectivity index (χ4v) is 3.16. The fraction of sp³-hybridized carbons (Fsp3) is 0.600. The van der Waals surface area contributed by atoms with Crippen molar-refractivity contribution in [3.05, 3.63) is 28.2 Å². The Morgan fingerprint density at radius 1 is 1.47 bits per heavy atom. The largest absolute Gasteiger partial charge is 0.497 e. The van der Waals surface area contributed by atoms with Crippen molar-refractivity contribution in [3.63, 3.8) is 0 Å². The van der Waals surface area contributed by atoms with Crippen molar-refractivity contribution in [2.75, 3.05) is 33.8 Å². The van der Waals surface area contributed by atoms with Crippen LogP contribution in [0.3, 0.4) is 0 Å². The number of benzene rings is 1. The topological polar surface area (TPSA) is 24.5 Å². The van der Waals surface area contributed by atoms with Crippen LogP contribution >= 0.6 is 15.9 Å². The Bertz CT molecular complexity index is 409. The number of halogens is 1. The van der Waals surface area contributed by atoms with Crippen LogP contribution in [0.5, 0.6) is 5.75 Å². The molecule has 1 heterocycles. The Morgan fingerprint density at radius 3 is 3.05 bits per heavy atom. The van der Waals surface area contributed by atoms with Crippen LogP contribution in [0.2, 0.25) is 0 Å². The number of hydrogen-bond acceptors (Lipinski definition) is 3. The van der Waals surface area contributed by atoms with Gasteiger partial charge in [0.25, 0.3) is 0 Å². The van der Waals surface area contributed by atoms with Gasteiger partial charge in [-0.25, -0.2) is 0 Å². The van der Waals surface area contributed by atoms with E-state index < -0.39 is 0 Å². The lowest BCUT2D eigenvalue weighted by Gasteiger charge is -2.33. The smallest absolute Gasteiger partial charge is 0.119 e. The van der Waals surface area contributed by atoms with E-state index in [1.165, 1.54) is 36.0 Å². The first kappa shape index (κ1) is 14.8. The number of nitrogens with one attached hydrogen (secondary N) is 1. The Kier molecular flexibility index (Phi) is 5.67. The molecule has 0 amide bonds. The van der Waals surface area contributed by atoms with E-state index in [1.807, 2.05) is 13.1 Å². The Morgan fingerprint density at radius 2 is 2.32 bits per heavy atom. The predicted octanol–water partition coefficient (Wildman–Crippen LogP) is 2.89. The third-order valence-corrected chi connectivity index (χ3v) is 4.52. The van der Waals surface area contributed by atoms with E-state index in [4.69, 9.17) is 4.74 Å². The fourth-order valence-electron chi connectivity index (χ4n) is 2.79. The normalized spacial score (nSPS) is 20.5. The van der Waals surface area contributed by atoms with E-state index in [9.17, 15) is 0 Å². The van der Waals surface area contributed by atoms with E-state index in [0.29, 0.717) is 0 Å². The number of hydrogen-bond donors (Lipinski definition) is 1. The van der Waals surface area contributed by atoms with Crippen molar-refractivity contribution < 1.29 is 4.74 Å². The summed E-state index contributed by atoms with van der Waals surface area (Å²) in [5, 5.41) is 3.30. The molecule has 0 bridgehead atoms. The summed E-state index contributed by atoms with van der Waals surface area (Å²) in [6.07, 6.45) is 2.64. The van der Waals surface area contributed by atoms with Gasteiger partial charge >= 0.3 is 0 Å². The predicted molar refractivity (Wildman–Crippen MR) is 82.6 cm³/mol. The molecule has 1 fully saturated rings. The minimum atomic E-state index is 0.781. The van der Waals surface area contributed by atoms with Gasteiger partial charge in [-0.2, -0.15) is 0 Å². The molecule has 1 aromatic carbocycles. The summed E-state index contributed by atoms with van der Waals surface area (Å²) >= 11 is 3.64. The van der Waals surface area contributed by atoms with Gasteiger partial charge in [0.1, 0.15) is 5.75 Å². The molecule has 1 unspecified atom stereocenters. The molecule has 1 atom stereocenters. The van der Waals surface area contributed by atoms with E-state index >= 15 is 0 Å². The summed E-state index contributed by atoms with van der Waals surface area (Å²) in [6.45, 7) is 4.50. The van der Waals surface area contributed by atoms with Crippen molar-refractivity contribution in [2.24, 2.45) is 5.92 Å². The van der Waals surface area contributed by atoms with Crippen LogP contribution in [0.1, 0.15) is 18.4 Å². The number of methoxy groups -OCH3 is 1. The van der Waals surface area contributed by atoms with Gasteiger partial charge in [-0.05, 0) is 62.7 Å². The second-order valence-corrected chi connectivity index (χ2v) is 6.11. The maximum Gasteiger partial charge on any atom is 0.119 e. The van der Waals surface area contributed by atoms with Crippen LogP contribution < -0.4 is 10.1 Å². The summed E-state index contributed by atoms with van der Waals surface area (Å²) in [6, 6.07) is 6.20. The number of nitrogens with zero attached hydrogens (tertiary/aromatic N) is 1. The standard InChI is InChI=1S/C15H23BrN2O/c1-17-9-12-4-3-7-18(10-12)11-13-8-14(19-2)5-6-15(13)16/h5-6,8,12,17H,3-4,7,9-11H2,1-2H3. The quantitative estimate of drug-likeness (QED) is 0.900. The Labute approximate surface area is 124 Å². The highest BCUT2D eigenvalue weighted by atomic mass is 79.9. The zero-order valence-electron chi connectivity index (χ0n) is 11.8. The van der Waals surface area contributed by atoms with Crippen molar-refractivity contribution in [1.29, 1.82) is 0 Å². The molecule has 1 aromatic rings. The minimum absolute atomic E-state index is 0.781. The number of rotatable bonds is 5. The molecule has 106 valence electrons. The van der Waals surface area contributed by atoms with Crippen LogP contribution in [0.25, 0.3) is 0 Å². The van der Waals surface area contributed by atoms with Gasteiger partial charge in [0.2, 0.25) is 0 Å². The lowest BCUT2D eigenvalue weighted by atomic mass is 9.97. The molecule has 1 aliphatic rings. The van der Waals surface area contributed by atoms with Gasteiger partial charge in [0, 0.05) is 17.6 Å². The molecule has 1 saturated heterocycles. The summed E-state index contributed by atoms with van der Waals surface area (Å²) in [4.78, 5) is 2.55. The zero-order valence-corrected chi connectivity index (χ0v) is 13.4. The molecule has 0 saturated carbocycles. The molecule has 1 N–H and O–H groups in total. The van der Waals surface area contributed by atoms with Gasteiger partial charge in [-0.15, -0.1) is 0 Å². The summed E-state index contributed by atoms with van der Waals surface area (Å²) in [7, 11) is 3.76. The van der Waals surface area contributed by atoms with Crippen LogP contribution in [0, 0.1) is 5.92 Å². The van der Waals surface area contributed by atoms with Gasteiger partial charge in [0.05, 0.1) is 7.11 Å². The average molecular weight is 327 g/mol. The first-order valence-electron chi connectivity index (χ1n) is 6.92. The van der Waals surface area contributed by atoms with Gasteiger partial charge in [-0.1, -0.05) is 15.9 Å². The van der Waals surface area contributed by atoms with Crippen molar-refractivity contribution in [3.8, 4) is 5.75 Å². The van der Waals surface area contributed by atoms with E-state index in [-0.39, 0.29) is 0 Å². The maximum absolute atomic E-state index is 5.31. The van der Waals surface area contributed by atoms with E-state index in [2.05, 4.69) is 38.3 Å². The third kappa shape index (κ3) is 4.20. The number of ether oxygens (including phenoxy) is 1. The van der Waals surface area contributed by atoms with Crippen molar-refractivity contribution in [2.45, 2.75) is 19.4 Å². The molecule has 0 aliphatic carbocycles. The average Bonchev–Trinajstić information content (AvgIpc) is 2.42. The van der Waals surface area contributed by atoms with Crippen LogP contribution in [-0.2, 0) is 6.54 Å². The monoisotopic (exact) mass is 326 g/mol. The number of piperidine rings is 1. The molecular formula is C15H23BrN2O. The molecule has 2 rings (SSSR count). The lowest BCUT2D eigenvalue weighted by Crippen LogP contribution is -2.38. The van der Waals surface area contributed by atoms with Crippen molar-refractivity contribution >= 4 is 15.9 Å². The SMILES string of the molecule is CNCC1CCCN(Cc2cc(OC)ccc2Br)C1. The first-order chi connectivity index (χ1) is 9.22. The van der Waals surface area contributed by atoms with Gasteiger partial charge < -0.3 is 10.1 Å². The molecule has 3 nitrogen and oxygen atoms in total. The lowest BCUT2D eigenvalue weighted by molar-refractivity contribution is 0.166. The minimum Gasteiger partial charge on any atom is -0.497 e. The summed E-state index contributed by atoms with van der Waals surface area (Å²) < 4.78 is 6.48. The molecule has 1 aliphatic heterocycles.